The van der Waals surface area contributed by atoms with Crippen LogP contribution in [-0.4, -0.2) is 9.55 Å². The second-order valence-corrected chi connectivity index (χ2v) is 5.19. The fourth-order valence-electron chi connectivity index (χ4n) is 2.48. The normalized spacial score (nSPS) is 10.7. The number of hydrogen-bond donors (Lipinski definition) is 0. The largest absolute Gasteiger partial charge is 0.343 e. The number of benzene rings is 1. The van der Waals surface area contributed by atoms with Gasteiger partial charge in [0.05, 0.1) is 0 Å². The molecule has 0 unspecified atom stereocenters. The van der Waals surface area contributed by atoms with Crippen LogP contribution in [0.15, 0.2) is 61.1 Å². The molecule has 2 nitrogen and oxygen atoms in total. The third-order valence-electron chi connectivity index (χ3n) is 3.63. The summed E-state index contributed by atoms with van der Waals surface area (Å²) < 4.78 is 2.28. The van der Waals surface area contributed by atoms with Crippen LogP contribution in [0.3, 0.4) is 0 Å². The highest BCUT2D eigenvalue weighted by Crippen LogP contribution is 2.21. The molecule has 0 aliphatic heterocycles. The van der Waals surface area contributed by atoms with Crippen molar-refractivity contribution in [2.45, 2.75) is 20.4 Å². The maximum absolute atomic E-state index is 4.21. The summed E-state index contributed by atoms with van der Waals surface area (Å²) in [7, 11) is 0. The van der Waals surface area contributed by atoms with Gasteiger partial charge in [-0.05, 0) is 49.2 Å². The molecule has 0 atom stereocenters. The van der Waals surface area contributed by atoms with Crippen LogP contribution < -0.4 is 0 Å². The minimum Gasteiger partial charge on any atom is -0.343 e. The van der Waals surface area contributed by atoms with Crippen LogP contribution in [0, 0.1) is 13.8 Å². The van der Waals surface area contributed by atoms with Crippen LogP contribution >= 0.6 is 0 Å². The molecule has 0 bridgehead atoms. The smallest absolute Gasteiger partial charge is 0.0499 e. The van der Waals surface area contributed by atoms with Crippen molar-refractivity contribution in [2.75, 3.05) is 0 Å². The van der Waals surface area contributed by atoms with E-state index in [0.29, 0.717) is 0 Å². The van der Waals surface area contributed by atoms with Gasteiger partial charge in [0, 0.05) is 36.4 Å². The van der Waals surface area contributed by atoms with Gasteiger partial charge in [-0.3, -0.25) is 4.98 Å². The van der Waals surface area contributed by atoms with Gasteiger partial charge in [0.1, 0.15) is 0 Å². The van der Waals surface area contributed by atoms with E-state index < -0.39 is 0 Å². The Morgan fingerprint density at radius 2 is 1.95 bits per heavy atom. The summed E-state index contributed by atoms with van der Waals surface area (Å²) in [5.41, 5.74) is 6.37. The SMILES string of the molecule is Cc1ccc(C)c(Cn2cccc2-c2cccnc2)c1. The molecule has 20 heavy (non-hydrogen) atoms. The molecule has 0 spiro atoms. The van der Waals surface area contributed by atoms with E-state index in [1.807, 2.05) is 18.5 Å². The van der Waals surface area contributed by atoms with E-state index in [2.05, 4.69) is 66.0 Å². The number of hydrogen-bond acceptors (Lipinski definition) is 1. The van der Waals surface area contributed by atoms with Gasteiger partial charge in [0.25, 0.3) is 0 Å². The summed E-state index contributed by atoms with van der Waals surface area (Å²) >= 11 is 0. The molecule has 0 aliphatic carbocycles. The van der Waals surface area contributed by atoms with E-state index in [1.165, 1.54) is 22.4 Å². The average Bonchev–Trinajstić information content (AvgIpc) is 2.92. The lowest BCUT2D eigenvalue weighted by Gasteiger charge is -2.12. The molecular formula is C18H18N2. The molecule has 0 saturated heterocycles. The van der Waals surface area contributed by atoms with Gasteiger partial charge < -0.3 is 4.57 Å². The predicted octanol–water partition coefficient (Wildman–Crippen LogP) is 4.22. The van der Waals surface area contributed by atoms with Gasteiger partial charge in [0.2, 0.25) is 0 Å². The van der Waals surface area contributed by atoms with Crippen molar-refractivity contribution in [3.8, 4) is 11.3 Å². The van der Waals surface area contributed by atoms with E-state index in [-0.39, 0.29) is 0 Å². The van der Waals surface area contributed by atoms with Crippen LogP contribution in [0.2, 0.25) is 0 Å². The van der Waals surface area contributed by atoms with Crippen molar-refractivity contribution < 1.29 is 0 Å². The number of pyridine rings is 1. The molecular weight excluding hydrogens is 244 g/mol. The Labute approximate surface area is 119 Å². The number of rotatable bonds is 3. The Hall–Kier alpha value is -2.35. The van der Waals surface area contributed by atoms with Gasteiger partial charge in [0.15, 0.2) is 0 Å². The van der Waals surface area contributed by atoms with Crippen molar-refractivity contribution >= 4 is 0 Å². The van der Waals surface area contributed by atoms with Gasteiger partial charge in [-0.15, -0.1) is 0 Å². The molecule has 3 rings (SSSR count). The number of aromatic nitrogens is 2. The standard InChI is InChI=1S/C18H18N2/c1-14-7-8-15(2)17(11-14)13-20-10-4-6-18(20)16-5-3-9-19-12-16/h3-12H,13H2,1-2H3. The topological polar surface area (TPSA) is 17.8 Å². The Balaban J connectivity index is 1.97. The molecule has 3 aromatic rings. The third kappa shape index (κ3) is 2.50. The summed E-state index contributed by atoms with van der Waals surface area (Å²) in [6.45, 7) is 5.20. The number of nitrogens with zero attached hydrogens (tertiary/aromatic N) is 2. The lowest BCUT2D eigenvalue weighted by atomic mass is 10.1. The highest BCUT2D eigenvalue weighted by atomic mass is 15.0. The summed E-state index contributed by atoms with van der Waals surface area (Å²) in [4.78, 5) is 4.21. The Morgan fingerprint density at radius 3 is 2.75 bits per heavy atom. The fourth-order valence-corrected chi connectivity index (χ4v) is 2.48. The molecule has 1 aromatic carbocycles. The van der Waals surface area contributed by atoms with Crippen molar-refractivity contribution in [1.82, 2.24) is 9.55 Å². The second-order valence-electron chi connectivity index (χ2n) is 5.19. The van der Waals surface area contributed by atoms with Crippen LogP contribution in [0.1, 0.15) is 16.7 Å². The van der Waals surface area contributed by atoms with E-state index >= 15 is 0 Å². The Morgan fingerprint density at radius 1 is 1.05 bits per heavy atom. The third-order valence-corrected chi connectivity index (χ3v) is 3.63. The lowest BCUT2D eigenvalue weighted by Crippen LogP contribution is -2.02. The van der Waals surface area contributed by atoms with Gasteiger partial charge in [-0.2, -0.15) is 0 Å². The second kappa shape index (κ2) is 5.33. The summed E-state index contributed by atoms with van der Waals surface area (Å²) in [5.74, 6) is 0. The van der Waals surface area contributed by atoms with E-state index in [0.717, 1.165) is 12.1 Å². The molecule has 2 heterocycles. The van der Waals surface area contributed by atoms with E-state index in [9.17, 15) is 0 Å². The van der Waals surface area contributed by atoms with E-state index in [4.69, 9.17) is 0 Å². The quantitative estimate of drug-likeness (QED) is 0.691. The first-order valence-electron chi connectivity index (χ1n) is 6.86. The van der Waals surface area contributed by atoms with Crippen LogP contribution in [0.4, 0.5) is 0 Å². The molecule has 0 saturated carbocycles. The first-order valence-corrected chi connectivity index (χ1v) is 6.86. The lowest BCUT2D eigenvalue weighted by molar-refractivity contribution is 0.807. The molecule has 0 aliphatic rings. The zero-order chi connectivity index (χ0) is 13.9. The molecule has 0 amide bonds. The molecule has 2 heteroatoms. The average molecular weight is 262 g/mol. The van der Waals surface area contributed by atoms with E-state index in [1.54, 1.807) is 0 Å². The predicted molar refractivity (Wildman–Crippen MR) is 82.7 cm³/mol. The molecule has 0 N–H and O–H groups in total. The maximum Gasteiger partial charge on any atom is 0.0499 e. The van der Waals surface area contributed by atoms with Crippen LogP contribution in [-0.2, 0) is 6.54 Å². The molecule has 0 fully saturated rings. The van der Waals surface area contributed by atoms with Gasteiger partial charge in [-0.25, -0.2) is 0 Å². The zero-order valence-corrected chi connectivity index (χ0v) is 11.9. The van der Waals surface area contributed by atoms with Crippen LogP contribution in [0.5, 0.6) is 0 Å². The molecule has 2 aromatic heterocycles. The van der Waals surface area contributed by atoms with Gasteiger partial charge >= 0.3 is 0 Å². The monoisotopic (exact) mass is 262 g/mol. The van der Waals surface area contributed by atoms with Crippen molar-refractivity contribution in [2.24, 2.45) is 0 Å². The van der Waals surface area contributed by atoms with Crippen LogP contribution in [0.25, 0.3) is 11.3 Å². The highest BCUT2D eigenvalue weighted by molar-refractivity contribution is 5.58. The zero-order valence-electron chi connectivity index (χ0n) is 11.9. The van der Waals surface area contributed by atoms with Gasteiger partial charge in [-0.1, -0.05) is 23.8 Å². The first-order chi connectivity index (χ1) is 9.74. The fraction of sp³-hybridized carbons (Fsp3) is 0.167. The minimum absolute atomic E-state index is 0.894. The maximum atomic E-state index is 4.21. The molecule has 100 valence electrons. The van der Waals surface area contributed by atoms with Crippen molar-refractivity contribution in [1.29, 1.82) is 0 Å². The Bertz CT molecular complexity index is 711. The number of aryl methyl sites for hydroxylation is 2. The van der Waals surface area contributed by atoms with Crippen molar-refractivity contribution in [3.05, 3.63) is 77.7 Å². The van der Waals surface area contributed by atoms with Crippen molar-refractivity contribution in [3.63, 3.8) is 0 Å². The highest BCUT2D eigenvalue weighted by Gasteiger charge is 2.06. The Kier molecular flexibility index (Phi) is 3.38. The summed E-state index contributed by atoms with van der Waals surface area (Å²) in [6.07, 6.45) is 5.85. The molecule has 0 radical (unpaired) electrons. The first kappa shape index (κ1) is 12.7. The minimum atomic E-state index is 0.894. The summed E-state index contributed by atoms with van der Waals surface area (Å²) in [6, 6.07) is 14.9. The summed E-state index contributed by atoms with van der Waals surface area (Å²) in [5, 5.41) is 0.